The van der Waals surface area contributed by atoms with Crippen molar-refractivity contribution in [2.75, 3.05) is 5.73 Å². The highest BCUT2D eigenvalue weighted by Gasteiger charge is 2.12. The Balaban J connectivity index is 2.20. The highest BCUT2D eigenvalue weighted by atomic mass is 35.5. The SMILES string of the molecule is Nc1ncc(Cl)cc1C(N)Cc1cccs1. The normalized spacial score (nSPS) is 12.6. The fourth-order valence-electron chi connectivity index (χ4n) is 1.52. The summed E-state index contributed by atoms with van der Waals surface area (Å²) in [4.78, 5) is 5.23. The summed E-state index contributed by atoms with van der Waals surface area (Å²) in [5.74, 6) is 0.452. The zero-order chi connectivity index (χ0) is 11.5. The van der Waals surface area contributed by atoms with E-state index in [2.05, 4.69) is 11.1 Å². The van der Waals surface area contributed by atoms with Gasteiger partial charge in [0.25, 0.3) is 0 Å². The van der Waals surface area contributed by atoms with E-state index in [1.807, 2.05) is 11.4 Å². The van der Waals surface area contributed by atoms with Gasteiger partial charge in [0.05, 0.1) is 5.02 Å². The number of aromatic nitrogens is 1. The zero-order valence-corrected chi connectivity index (χ0v) is 10.1. The molecule has 1 unspecified atom stereocenters. The molecule has 0 aliphatic heterocycles. The van der Waals surface area contributed by atoms with Crippen molar-refractivity contribution < 1.29 is 0 Å². The fourth-order valence-corrected chi connectivity index (χ4v) is 2.45. The Morgan fingerprint density at radius 1 is 1.50 bits per heavy atom. The minimum absolute atomic E-state index is 0.162. The molecule has 0 aromatic carbocycles. The van der Waals surface area contributed by atoms with Crippen LogP contribution in [-0.2, 0) is 6.42 Å². The first kappa shape index (κ1) is 11.4. The molecule has 84 valence electrons. The lowest BCUT2D eigenvalue weighted by atomic mass is 10.1. The standard InChI is InChI=1S/C11H12ClN3S/c12-7-4-9(11(14)15-6-7)10(13)5-8-2-1-3-16-8/h1-4,6,10H,5,13H2,(H2,14,15). The molecule has 0 bridgehead atoms. The average Bonchev–Trinajstić information content (AvgIpc) is 2.74. The van der Waals surface area contributed by atoms with E-state index in [0.29, 0.717) is 10.8 Å². The van der Waals surface area contributed by atoms with Crippen LogP contribution in [0.4, 0.5) is 5.82 Å². The summed E-state index contributed by atoms with van der Waals surface area (Å²) in [5, 5.41) is 2.59. The molecule has 0 aliphatic rings. The van der Waals surface area contributed by atoms with Gasteiger partial charge in [-0.2, -0.15) is 0 Å². The molecule has 2 aromatic rings. The molecule has 2 rings (SSSR count). The van der Waals surface area contributed by atoms with E-state index in [1.165, 1.54) is 11.1 Å². The number of nitrogen functional groups attached to an aromatic ring is 1. The van der Waals surface area contributed by atoms with Crippen LogP contribution in [0.15, 0.2) is 29.8 Å². The summed E-state index contributed by atoms with van der Waals surface area (Å²) in [6.07, 6.45) is 2.28. The van der Waals surface area contributed by atoms with Gasteiger partial charge in [-0.25, -0.2) is 4.98 Å². The summed E-state index contributed by atoms with van der Waals surface area (Å²) in [6, 6.07) is 5.68. The van der Waals surface area contributed by atoms with Crippen LogP contribution in [0.3, 0.4) is 0 Å². The van der Waals surface area contributed by atoms with Crippen LogP contribution in [-0.4, -0.2) is 4.98 Å². The van der Waals surface area contributed by atoms with Gasteiger partial charge in [-0.3, -0.25) is 0 Å². The number of nitrogens with two attached hydrogens (primary N) is 2. The first-order chi connectivity index (χ1) is 7.66. The Morgan fingerprint density at radius 2 is 2.31 bits per heavy atom. The van der Waals surface area contributed by atoms with Crippen molar-refractivity contribution in [1.82, 2.24) is 4.98 Å². The molecule has 2 heterocycles. The quantitative estimate of drug-likeness (QED) is 0.884. The van der Waals surface area contributed by atoms with Crippen molar-refractivity contribution in [2.24, 2.45) is 5.73 Å². The molecule has 0 radical (unpaired) electrons. The van der Waals surface area contributed by atoms with Crippen LogP contribution in [0, 0.1) is 0 Å². The molecule has 16 heavy (non-hydrogen) atoms. The van der Waals surface area contributed by atoms with Gasteiger partial charge in [0.2, 0.25) is 0 Å². The predicted octanol–water partition coefficient (Wildman–Crippen LogP) is 2.62. The van der Waals surface area contributed by atoms with Gasteiger partial charge in [-0.1, -0.05) is 17.7 Å². The molecule has 0 spiro atoms. The second kappa shape index (κ2) is 4.82. The lowest BCUT2D eigenvalue weighted by Gasteiger charge is -2.12. The summed E-state index contributed by atoms with van der Waals surface area (Å²) in [7, 11) is 0. The number of pyridine rings is 1. The zero-order valence-electron chi connectivity index (χ0n) is 8.56. The number of halogens is 1. The smallest absolute Gasteiger partial charge is 0.128 e. The van der Waals surface area contributed by atoms with Gasteiger partial charge in [-0.05, 0) is 17.5 Å². The van der Waals surface area contributed by atoms with Gasteiger partial charge >= 0.3 is 0 Å². The molecule has 5 heteroatoms. The van der Waals surface area contributed by atoms with E-state index in [9.17, 15) is 0 Å². The first-order valence-corrected chi connectivity index (χ1v) is 6.11. The molecule has 0 saturated heterocycles. The Labute approximate surface area is 103 Å². The third kappa shape index (κ3) is 2.52. The Morgan fingerprint density at radius 3 is 3.00 bits per heavy atom. The van der Waals surface area contributed by atoms with Gasteiger partial charge < -0.3 is 11.5 Å². The van der Waals surface area contributed by atoms with Crippen molar-refractivity contribution in [2.45, 2.75) is 12.5 Å². The van der Waals surface area contributed by atoms with E-state index >= 15 is 0 Å². The number of nitrogens with zero attached hydrogens (tertiary/aromatic N) is 1. The Kier molecular flexibility index (Phi) is 3.43. The van der Waals surface area contributed by atoms with Crippen LogP contribution in [0.5, 0.6) is 0 Å². The topological polar surface area (TPSA) is 64.9 Å². The van der Waals surface area contributed by atoms with Crippen molar-refractivity contribution in [3.05, 3.63) is 45.2 Å². The number of rotatable bonds is 3. The van der Waals surface area contributed by atoms with Crippen molar-refractivity contribution in [3.8, 4) is 0 Å². The van der Waals surface area contributed by atoms with Crippen LogP contribution in [0.1, 0.15) is 16.5 Å². The molecule has 0 aliphatic carbocycles. The molecular formula is C11H12ClN3S. The fraction of sp³-hybridized carbons (Fsp3) is 0.182. The number of anilines is 1. The molecular weight excluding hydrogens is 242 g/mol. The lowest BCUT2D eigenvalue weighted by Crippen LogP contribution is -2.15. The largest absolute Gasteiger partial charge is 0.383 e. The van der Waals surface area contributed by atoms with Gasteiger partial charge in [-0.15, -0.1) is 11.3 Å². The second-order valence-corrected chi connectivity index (χ2v) is 4.99. The summed E-state index contributed by atoms with van der Waals surface area (Å²) in [5.41, 5.74) is 12.7. The first-order valence-electron chi connectivity index (χ1n) is 4.85. The van der Waals surface area contributed by atoms with Crippen LogP contribution in [0.2, 0.25) is 5.02 Å². The van der Waals surface area contributed by atoms with E-state index in [0.717, 1.165) is 12.0 Å². The second-order valence-electron chi connectivity index (χ2n) is 3.52. The maximum Gasteiger partial charge on any atom is 0.128 e. The summed E-state index contributed by atoms with van der Waals surface area (Å²) < 4.78 is 0. The predicted molar refractivity (Wildman–Crippen MR) is 68.6 cm³/mol. The van der Waals surface area contributed by atoms with Gasteiger partial charge in [0.15, 0.2) is 0 Å². The van der Waals surface area contributed by atoms with E-state index < -0.39 is 0 Å². The van der Waals surface area contributed by atoms with Crippen molar-refractivity contribution in [1.29, 1.82) is 0 Å². The molecule has 4 N–H and O–H groups in total. The lowest BCUT2D eigenvalue weighted by molar-refractivity contribution is 0.729. The molecule has 1 atom stereocenters. The highest BCUT2D eigenvalue weighted by Crippen LogP contribution is 2.24. The molecule has 0 saturated carbocycles. The van der Waals surface area contributed by atoms with Crippen LogP contribution < -0.4 is 11.5 Å². The number of hydrogen-bond donors (Lipinski definition) is 2. The molecule has 0 amide bonds. The molecule has 0 fully saturated rings. The van der Waals surface area contributed by atoms with E-state index in [-0.39, 0.29) is 6.04 Å². The van der Waals surface area contributed by atoms with Gasteiger partial charge in [0.1, 0.15) is 5.82 Å². The van der Waals surface area contributed by atoms with E-state index in [1.54, 1.807) is 17.4 Å². The number of thiophene rings is 1. The summed E-state index contributed by atoms with van der Waals surface area (Å²) in [6.45, 7) is 0. The molecule has 3 nitrogen and oxygen atoms in total. The minimum atomic E-state index is -0.162. The number of hydrogen-bond acceptors (Lipinski definition) is 4. The monoisotopic (exact) mass is 253 g/mol. The van der Waals surface area contributed by atoms with Crippen molar-refractivity contribution in [3.63, 3.8) is 0 Å². The third-order valence-electron chi connectivity index (χ3n) is 2.32. The highest BCUT2D eigenvalue weighted by molar-refractivity contribution is 7.09. The van der Waals surface area contributed by atoms with Gasteiger partial charge in [0, 0.05) is 29.1 Å². The van der Waals surface area contributed by atoms with Crippen LogP contribution in [0.25, 0.3) is 0 Å². The molecule has 2 aromatic heterocycles. The Hall–Kier alpha value is -1.10. The maximum absolute atomic E-state index is 6.08. The maximum atomic E-state index is 6.08. The Bertz CT molecular complexity index is 470. The third-order valence-corrected chi connectivity index (χ3v) is 3.42. The average molecular weight is 254 g/mol. The van der Waals surface area contributed by atoms with Crippen molar-refractivity contribution >= 4 is 28.8 Å². The van der Waals surface area contributed by atoms with E-state index in [4.69, 9.17) is 23.1 Å². The summed E-state index contributed by atoms with van der Waals surface area (Å²) >= 11 is 7.55. The van der Waals surface area contributed by atoms with Crippen LogP contribution >= 0.6 is 22.9 Å². The minimum Gasteiger partial charge on any atom is -0.383 e.